The van der Waals surface area contributed by atoms with Gasteiger partial charge in [-0.3, -0.25) is 4.79 Å². The number of H-pyrrole nitrogens is 1. The number of nitrogen functional groups attached to an aromatic ring is 1. The summed E-state index contributed by atoms with van der Waals surface area (Å²) >= 11 is 0. The molecule has 2 rings (SSSR count). The van der Waals surface area contributed by atoms with Crippen molar-refractivity contribution in [2.24, 2.45) is 0 Å². The Balaban J connectivity index is 2.58. The summed E-state index contributed by atoms with van der Waals surface area (Å²) in [5, 5.41) is 0. The van der Waals surface area contributed by atoms with Gasteiger partial charge in [0.15, 0.2) is 0 Å². The first-order valence-corrected chi connectivity index (χ1v) is 4.59. The third-order valence-corrected chi connectivity index (χ3v) is 2.18. The molecule has 3 N–H and O–H groups in total. The number of aryl methyl sites for hydroxylation is 1. The van der Waals surface area contributed by atoms with E-state index >= 15 is 0 Å². The molecule has 0 aliphatic heterocycles. The Kier molecular flexibility index (Phi) is 2.25. The molecule has 76 valence electrons. The van der Waals surface area contributed by atoms with Crippen LogP contribution in [-0.2, 0) is 0 Å². The van der Waals surface area contributed by atoms with Gasteiger partial charge < -0.3 is 10.7 Å². The number of pyridine rings is 2. The molecule has 0 radical (unpaired) electrons. The first-order valence-electron chi connectivity index (χ1n) is 4.59. The third kappa shape index (κ3) is 1.88. The second-order valence-electron chi connectivity index (χ2n) is 3.34. The molecule has 0 aromatic carbocycles. The van der Waals surface area contributed by atoms with Crippen LogP contribution < -0.4 is 11.3 Å². The molecule has 0 saturated carbocycles. The molecule has 0 spiro atoms. The Morgan fingerprint density at radius 1 is 1.27 bits per heavy atom. The number of nitrogens with two attached hydrogens (primary N) is 1. The SMILES string of the molecule is Cc1ccc(N)nc1-c1ccc(=O)[nH]c1. The van der Waals surface area contributed by atoms with Gasteiger partial charge in [-0.15, -0.1) is 0 Å². The summed E-state index contributed by atoms with van der Waals surface area (Å²) in [6.45, 7) is 1.95. The molecule has 0 atom stereocenters. The molecule has 0 unspecified atom stereocenters. The number of nitrogens with zero attached hydrogens (tertiary/aromatic N) is 1. The van der Waals surface area contributed by atoms with Crippen LogP contribution in [-0.4, -0.2) is 9.97 Å². The van der Waals surface area contributed by atoms with E-state index in [2.05, 4.69) is 9.97 Å². The van der Waals surface area contributed by atoms with Gasteiger partial charge in [-0.25, -0.2) is 4.98 Å². The van der Waals surface area contributed by atoms with E-state index < -0.39 is 0 Å². The lowest BCUT2D eigenvalue weighted by Gasteiger charge is -2.04. The molecular weight excluding hydrogens is 190 g/mol. The van der Waals surface area contributed by atoms with E-state index in [0.29, 0.717) is 5.82 Å². The highest BCUT2D eigenvalue weighted by atomic mass is 16.1. The maximum absolute atomic E-state index is 10.9. The van der Waals surface area contributed by atoms with Gasteiger partial charge in [0, 0.05) is 17.8 Å². The van der Waals surface area contributed by atoms with Crippen LogP contribution in [0.5, 0.6) is 0 Å². The molecule has 0 aliphatic carbocycles. The molecule has 4 nitrogen and oxygen atoms in total. The topological polar surface area (TPSA) is 71.8 Å². The normalized spacial score (nSPS) is 10.2. The van der Waals surface area contributed by atoms with Gasteiger partial charge in [-0.2, -0.15) is 0 Å². The van der Waals surface area contributed by atoms with Gasteiger partial charge in [0.1, 0.15) is 5.82 Å². The van der Waals surface area contributed by atoms with Crippen molar-refractivity contribution in [1.82, 2.24) is 9.97 Å². The Labute approximate surface area is 86.8 Å². The van der Waals surface area contributed by atoms with Crippen LogP contribution in [0.1, 0.15) is 5.56 Å². The lowest BCUT2D eigenvalue weighted by Crippen LogP contribution is -2.02. The fourth-order valence-corrected chi connectivity index (χ4v) is 1.39. The summed E-state index contributed by atoms with van der Waals surface area (Å²) in [5.41, 5.74) is 8.17. The average Bonchev–Trinajstić information content (AvgIpc) is 2.23. The largest absolute Gasteiger partial charge is 0.384 e. The number of nitrogens with one attached hydrogen (secondary N) is 1. The van der Waals surface area contributed by atoms with Gasteiger partial charge in [-0.1, -0.05) is 6.07 Å². The van der Waals surface area contributed by atoms with Crippen LogP contribution in [0, 0.1) is 6.92 Å². The summed E-state index contributed by atoms with van der Waals surface area (Å²) in [5.74, 6) is 0.474. The number of hydrogen-bond acceptors (Lipinski definition) is 3. The van der Waals surface area contributed by atoms with E-state index in [1.165, 1.54) is 6.07 Å². The molecule has 0 amide bonds. The van der Waals surface area contributed by atoms with Crippen LogP contribution in [0.15, 0.2) is 35.3 Å². The van der Waals surface area contributed by atoms with Gasteiger partial charge in [0.25, 0.3) is 0 Å². The predicted molar refractivity (Wildman–Crippen MR) is 59.4 cm³/mol. The smallest absolute Gasteiger partial charge is 0.247 e. The Bertz CT molecular complexity index is 525. The van der Waals surface area contributed by atoms with Crippen LogP contribution in [0.25, 0.3) is 11.3 Å². The Morgan fingerprint density at radius 3 is 2.73 bits per heavy atom. The van der Waals surface area contributed by atoms with Gasteiger partial charge >= 0.3 is 0 Å². The second kappa shape index (κ2) is 3.57. The van der Waals surface area contributed by atoms with E-state index in [9.17, 15) is 4.79 Å². The van der Waals surface area contributed by atoms with Crippen LogP contribution in [0.3, 0.4) is 0 Å². The fraction of sp³-hybridized carbons (Fsp3) is 0.0909. The van der Waals surface area contributed by atoms with Gasteiger partial charge in [-0.05, 0) is 24.6 Å². The summed E-state index contributed by atoms with van der Waals surface area (Å²) in [7, 11) is 0. The zero-order valence-electron chi connectivity index (χ0n) is 8.32. The summed E-state index contributed by atoms with van der Waals surface area (Å²) in [4.78, 5) is 17.7. The van der Waals surface area contributed by atoms with Crippen molar-refractivity contribution in [1.29, 1.82) is 0 Å². The number of aromatic amines is 1. The zero-order valence-corrected chi connectivity index (χ0v) is 8.32. The highest BCUT2D eigenvalue weighted by Gasteiger charge is 2.03. The highest BCUT2D eigenvalue weighted by Crippen LogP contribution is 2.20. The Morgan fingerprint density at radius 2 is 2.07 bits per heavy atom. The molecule has 4 heteroatoms. The molecular formula is C11H11N3O. The number of rotatable bonds is 1. The van der Waals surface area contributed by atoms with Crippen molar-refractivity contribution in [2.45, 2.75) is 6.92 Å². The van der Waals surface area contributed by atoms with Gasteiger partial charge in [0.2, 0.25) is 5.56 Å². The molecule has 0 saturated heterocycles. The molecule has 0 bridgehead atoms. The van der Waals surface area contributed by atoms with Crippen LogP contribution >= 0.6 is 0 Å². The molecule has 2 aromatic rings. The number of hydrogen-bond donors (Lipinski definition) is 2. The standard InChI is InChI=1S/C11H11N3O/c1-7-2-4-9(12)14-11(7)8-3-5-10(15)13-6-8/h2-6H,1H3,(H2,12,14)(H,13,15). The van der Waals surface area contributed by atoms with Crippen molar-refractivity contribution >= 4 is 5.82 Å². The number of aromatic nitrogens is 2. The Hall–Kier alpha value is -2.10. The van der Waals surface area contributed by atoms with E-state index in [1.54, 1.807) is 18.3 Å². The second-order valence-corrected chi connectivity index (χ2v) is 3.34. The monoisotopic (exact) mass is 201 g/mol. The predicted octanol–water partition coefficient (Wildman–Crippen LogP) is 1.33. The molecule has 15 heavy (non-hydrogen) atoms. The minimum absolute atomic E-state index is 0.125. The summed E-state index contributed by atoms with van der Waals surface area (Å²) in [6.07, 6.45) is 1.64. The average molecular weight is 201 g/mol. The van der Waals surface area contributed by atoms with E-state index in [4.69, 9.17) is 5.73 Å². The molecule has 0 aliphatic rings. The van der Waals surface area contributed by atoms with E-state index in [1.807, 2.05) is 13.0 Å². The minimum atomic E-state index is -0.125. The van der Waals surface area contributed by atoms with Crippen molar-refractivity contribution in [3.63, 3.8) is 0 Å². The van der Waals surface area contributed by atoms with E-state index in [-0.39, 0.29) is 5.56 Å². The van der Waals surface area contributed by atoms with Crippen LogP contribution in [0.2, 0.25) is 0 Å². The maximum Gasteiger partial charge on any atom is 0.247 e. The third-order valence-electron chi connectivity index (χ3n) is 2.18. The zero-order chi connectivity index (χ0) is 10.8. The highest BCUT2D eigenvalue weighted by molar-refractivity contribution is 5.63. The van der Waals surface area contributed by atoms with Crippen molar-refractivity contribution in [3.8, 4) is 11.3 Å². The lowest BCUT2D eigenvalue weighted by atomic mass is 10.1. The van der Waals surface area contributed by atoms with E-state index in [0.717, 1.165) is 16.8 Å². The van der Waals surface area contributed by atoms with Crippen molar-refractivity contribution in [2.75, 3.05) is 5.73 Å². The quantitative estimate of drug-likeness (QED) is 0.731. The first kappa shape index (κ1) is 9.45. The van der Waals surface area contributed by atoms with Crippen molar-refractivity contribution in [3.05, 3.63) is 46.4 Å². The van der Waals surface area contributed by atoms with Crippen LogP contribution in [0.4, 0.5) is 5.82 Å². The molecule has 2 aromatic heterocycles. The van der Waals surface area contributed by atoms with Crippen molar-refractivity contribution < 1.29 is 0 Å². The van der Waals surface area contributed by atoms with Gasteiger partial charge in [0.05, 0.1) is 5.69 Å². The molecule has 2 heterocycles. The maximum atomic E-state index is 10.9. The molecule has 0 fully saturated rings. The fourth-order valence-electron chi connectivity index (χ4n) is 1.39. The first-order chi connectivity index (χ1) is 7.16. The lowest BCUT2D eigenvalue weighted by molar-refractivity contribution is 1.21. The summed E-state index contributed by atoms with van der Waals surface area (Å²) < 4.78 is 0. The summed E-state index contributed by atoms with van der Waals surface area (Å²) in [6, 6.07) is 6.86. The number of anilines is 1. The minimum Gasteiger partial charge on any atom is -0.384 e.